The van der Waals surface area contributed by atoms with Crippen molar-refractivity contribution in [2.45, 2.75) is 0 Å². The molecule has 4 rings (SSSR count). The highest BCUT2D eigenvalue weighted by molar-refractivity contribution is 14.1. The molecule has 3 aromatic rings. The number of nitrogens with one attached hydrogen (secondary N) is 2. The summed E-state index contributed by atoms with van der Waals surface area (Å²) in [6.45, 7) is 2.72. The van der Waals surface area contributed by atoms with E-state index >= 15 is 0 Å². The SMILES string of the molecule is COc1ccc(Nc2nc(N/N=C/c3ccccc3I)nc(N3CCOCC3)n2)cc1. The second kappa shape index (κ2) is 10.4. The van der Waals surface area contributed by atoms with Crippen LogP contribution in [0.5, 0.6) is 5.75 Å². The Morgan fingerprint density at radius 2 is 1.77 bits per heavy atom. The maximum atomic E-state index is 5.44. The van der Waals surface area contributed by atoms with Gasteiger partial charge in [0, 0.05) is 27.9 Å². The number of halogens is 1. The van der Waals surface area contributed by atoms with Crippen molar-refractivity contribution in [3.8, 4) is 5.75 Å². The van der Waals surface area contributed by atoms with Gasteiger partial charge in [0.1, 0.15) is 5.75 Å². The second-order valence-electron chi connectivity index (χ2n) is 6.63. The number of anilines is 4. The van der Waals surface area contributed by atoms with E-state index in [-0.39, 0.29) is 0 Å². The van der Waals surface area contributed by atoms with E-state index in [0.717, 1.165) is 33.7 Å². The Bertz CT molecular complexity index is 1040. The molecular formula is C21H22IN7O2. The smallest absolute Gasteiger partial charge is 0.250 e. The molecule has 0 saturated carbocycles. The Kier molecular flexibility index (Phi) is 7.10. The van der Waals surface area contributed by atoms with Gasteiger partial charge in [-0.3, -0.25) is 0 Å². The average molecular weight is 531 g/mol. The van der Waals surface area contributed by atoms with Crippen molar-refractivity contribution in [1.82, 2.24) is 15.0 Å². The topological polar surface area (TPSA) is 96.8 Å². The molecule has 10 heteroatoms. The van der Waals surface area contributed by atoms with E-state index in [1.54, 1.807) is 13.3 Å². The minimum atomic E-state index is 0.356. The van der Waals surface area contributed by atoms with Crippen LogP contribution in [-0.4, -0.2) is 54.6 Å². The van der Waals surface area contributed by atoms with Gasteiger partial charge in [0.25, 0.3) is 0 Å². The quantitative estimate of drug-likeness (QED) is 0.272. The van der Waals surface area contributed by atoms with Crippen LogP contribution in [-0.2, 0) is 4.74 Å². The van der Waals surface area contributed by atoms with Crippen LogP contribution in [0.1, 0.15) is 5.56 Å². The third-order valence-electron chi connectivity index (χ3n) is 4.54. The molecule has 1 fully saturated rings. The molecule has 0 unspecified atom stereocenters. The Morgan fingerprint density at radius 3 is 2.52 bits per heavy atom. The number of ether oxygens (including phenoxy) is 2. The van der Waals surface area contributed by atoms with Gasteiger partial charge >= 0.3 is 0 Å². The standard InChI is InChI=1S/C21H22IN7O2/c1-30-17-8-6-16(7-9-17)24-19-25-20(27-21(26-19)29-10-12-31-13-11-29)28-23-14-15-4-2-3-5-18(15)22/h2-9,14H,10-13H2,1H3,(H2,24,25,26,27,28)/b23-14+. The van der Waals surface area contributed by atoms with E-state index in [1.165, 1.54) is 0 Å². The molecule has 2 heterocycles. The van der Waals surface area contributed by atoms with Crippen LogP contribution < -0.4 is 20.4 Å². The number of hydrogen-bond acceptors (Lipinski definition) is 9. The highest BCUT2D eigenvalue weighted by Crippen LogP contribution is 2.21. The summed E-state index contributed by atoms with van der Waals surface area (Å²) in [4.78, 5) is 15.7. The van der Waals surface area contributed by atoms with E-state index in [2.05, 4.69) is 58.3 Å². The molecule has 1 saturated heterocycles. The van der Waals surface area contributed by atoms with Gasteiger partial charge < -0.3 is 19.7 Å². The Hall–Kier alpha value is -2.99. The molecule has 0 aliphatic carbocycles. The van der Waals surface area contributed by atoms with Crippen LogP contribution in [0.3, 0.4) is 0 Å². The van der Waals surface area contributed by atoms with Gasteiger partial charge in [0.05, 0.1) is 26.5 Å². The first-order valence-electron chi connectivity index (χ1n) is 9.75. The molecular weight excluding hydrogens is 509 g/mol. The Labute approximate surface area is 194 Å². The average Bonchev–Trinajstić information content (AvgIpc) is 2.81. The maximum absolute atomic E-state index is 5.44. The number of aromatic nitrogens is 3. The van der Waals surface area contributed by atoms with Crippen LogP contribution in [0.2, 0.25) is 0 Å². The van der Waals surface area contributed by atoms with Crippen LogP contribution in [0, 0.1) is 3.57 Å². The molecule has 2 N–H and O–H groups in total. The highest BCUT2D eigenvalue weighted by atomic mass is 127. The van der Waals surface area contributed by atoms with Crippen molar-refractivity contribution in [2.24, 2.45) is 5.10 Å². The second-order valence-corrected chi connectivity index (χ2v) is 7.79. The first-order chi connectivity index (χ1) is 15.2. The number of methoxy groups -OCH3 is 1. The van der Waals surface area contributed by atoms with E-state index in [1.807, 2.05) is 48.5 Å². The van der Waals surface area contributed by atoms with Gasteiger partial charge in [0.2, 0.25) is 17.8 Å². The van der Waals surface area contributed by atoms with Crippen LogP contribution in [0.4, 0.5) is 23.5 Å². The summed E-state index contributed by atoms with van der Waals surface area (Å²) in [7, 11) is 1.64. The van der Waals surface area contributed by atoms with Gasteiger partial charge in [-0.15, -0.1) is 0 Å². The fraction of sp³-hybridized carbons (Fsp3) is 0.238. The number of morpholine rings is 1. The zero-order valence-electron chi connectivity index (χ0n) is 17.0. The normalized spacial score (nSPS) is 13.9. The third-order valence-corrected chi connectivity index (χ3v) is 5.52. The van der Waals surface area contributed by atoms with Crippen molar-refractivity contribution in [1.29, 1.82) is 0 Å². The number of hydrazone groups is 1. The largest absolute Gasteiger partial charge is 0.497 e. The lowest BCUT2D eigenvalue weighted by Crippen LogP contribution is -2.37. The monoisotopic (exact) mass is 531 g/mol. The van der Waals surface area contributed by atoms with Gasteiger partial charge in [-0.1, -0.05) is 18.2 Å². The number of rotatable bonds is 7. The molecule has 9 nitrogen and oxygen atoms in total. The summed E-state index contributed by atoms with van der Waals surface area (Å²) < 4.78 is 11.8. The molecule has 0 radical (unpaired) electrons. The van der Waals surface area contributed by atoms with Crippen molar-refractivity contribution >= 4 is 52.3 Å². The molecule has 1 aliphatic rings. The lowest BCUT2D eigenvalue weighted by molar-refractivity contribution is 0.122. The lowest BCUT2D eigenvalue weighted by Gasteiger charge is -2.27. The molecule has 0 spiro atoms. The molecule has 0 bridgehead atoms. The lowest BCUT2D eigenvalue weighted by atomic mass is 10.2. The molecule has 0 amide bonds. The van der Waals surface area contributed by atoms with Crippen LogP contribution in [0.15, 0.2) is 53.6 Å². The molecule has 0 atom stereocenters. The minimum absolute atomic E-state index is 0.356. The fourth-order valence-corrected chi connectivity index (χ4v) is 3.44. The van der Waals surface area contributed by atoms with E-state index in [4.69, 9.17) is 9.47 Å². The summed E-state index contributed by atoms with van der Waals surface area (Å²) in [6.07, 6.45) is 1.75. The summed E-state index contributed by atoms with van der Waals surface area (Å²) in [5, 5.41) is 7.53. The summed E-state index contributed by atoms with van der Waals surface area (Å²) in [5.41, 5.74) is 4.78. The molecule has 31 heavy (non-hydrogen) atoms. The number of nitrogens with zero attached hydrogens (tertiary/aromatic N) is 5. The van der Waals surface area contributed by atoms with Gasteiger partial charge in [0.15, 0.2) is 0 Å². The van der Waals surface area contributed by atoms with E-state index < -0.39 is 0 Å². The predicted molar refractivity (Wildman–Crippen MR) is 130 cm³/mol. The van der Waals surface area contributed by atoms with Crippen molar-refractivity contribution in [3.63, 3.8) is 0 Å². The summed E-state index contributed by atoms with van der Waals surface area (Å²) in [6, 6.07) is 15.5. The van der Waals surface area contributed by atoms with E-state index in [9.17, 15) is 0 Å². The number of hydrogen-bond donors (Lipinski definition) is 2. The maximum Gasteiger partial charge on any atom is 0.250 e. The van der Waals surface area contributed by atoms with Gasteiger partial charge in [-0.2, -0.15) is 20.1 Å². The minimum Gasteiger partial charge on any atom is -0.497 e. The molecule has 2 aromatic carbocycles. The zero-order chi connectivity index (χ0) is 21.5. The van der Waals surface area contributed by atoms with E-state index in [0.29, 0.717) is 31.1 Å². The number of benzene rings is 2. The van der Waals surface area contributed by atoms with Crippen molar-refractivity contribution in [3.05, 3.63) is 57.7 Å². The zero-order valence-corrected chi connectivity index (χ0v) is 19.1. The van der Waals surface area contributed by atoms with Crippen molar-refractivity contribution < 1.29 is 9.47 Å². The molecule has 1 aliphatic heterocycles. The first-order valence-corrected chi connectivity index (χ1v) is 10.8. The highest BCUT2D eigenvalue weighted by Gasteiger charge is 2.16. The summed E-state index contributed by atoms with van der Waals surface area (Å²) >= 11 is 2.27. The molecule has 160 valence electrons. The fourth-order valence-electron chi connectivity index (χ4n) is 2.92. The third kappa shape index (κ3) is 5.79. The van der Waals surface area contributed by atoms with Crippen molar-refractivity contribution in [2.75, 3.05) is 49.1 Å². The van der Waals surface area contributed by atoms with Crippen LogP contribution >= 0.6 is 22.6 Å². The Morgan fingerprint density at radius 1 is 1.03 bits per heavy atom. The van der Waals surface area contributed by atoms with Crippen LogP contribution in [0.25, 0.3) is 0 Å². The van der Waals surface area contributed by atoms with Gasteiger partial charge in [-0.05, 0) is 52.9 Å². The molecule has 1 aromatic heterocycles. The first kappa shape index (κ1) is 21.2. The summed E-state index contributed by atoms with van der Waals surface area (Å²) in [5.74, 6) is 2.13. The van der Waals surface area contributed by atoms with Gasteiger partial charge in [-0.25, -0.2) is 5.43 Å². The predicted octanol–water partition coefficient (Wildman–Crippen LogP) is 3.51. The Balaban J connectivity index is 1.56.